The van der Waals surface area contributed by atoms with E-state index >= 15 is 0 Å². The van der Waals surface area contributed by atoms with Crippen molar-refractivity contribution in [2.45, 2.75) is 18.7 Å². The SMILES string of the molecule is CN1CC[C@@H](O)[C@H](F)C1. The number of halogens is 1. The van der Waals surface area contributed by atoms with E-state index in [1.807, 2.05) is 11.9 Å². The van der Waals surface area contributed by atoms with Gasteiger partial charge in [-0.15, -0.1) is 0 Å². The summed E-state index contributed by atoms with van der Waals surface area (Å²) in [4.78, 5) is 1.89. The van der Waals surface area contributed by atoms with E-state index < -0.39 is 12.3 Å². The minimum atomic E-state index is -1.04. The molecular weight excluding hydrogens is 121 g/mol. The molecule has 1 fully saturated rings. The van der Waals surface area contributed by atoms with Gasteiger partial charge in [0.1, 0.15) is 6.17 Å². The first-order valence-corrected chi connectivity index (χ1v) is 3.21. The van der Waals surface area contributed by atoms with Crippen LogP contribution >= 0.6 is 0 Å². The largest absolute Gasteiger partial charge is 0.390 e. The molecule has 1 aliphatic heterocycles. The summed E-state index contributed by atoms with van der Waals surface area (Å²) < 4.78 is 12.5. The molecule has 2 nitrogen and oxygen atoms in total. The minimum Gasteiger partial charge on any atom is -0.390 e. The Labute approximate surface area is 54.3 Å². The Hall–Kier alpha value is -0.150. The fraction of sp³-hybridized carbons (Fsp3) is 1.00. The van der Waals surface area contributed by atoms with Gasteiger partial charge in [-0.1, -0.05) is 0 Å². The standard InChI is InChI=1S/C6H12FNO/c1-8-3-2-6(9)5(7)4-8/h5-6,9H,2-4H2,1H3/t5-,6-/m1/s1. The molecule has 1 N–H and O–H groups in total. The van der Waals surface area contributed by atoms with E-state index in [-0.39, 0.29) is 0 Å². The molecule has 0 aromatic heterocycles. The van der Waals surface area contributed by atoms with Gasteiger partial charge in [0.15, 0.2) is 0 Å². The van der Waals surface area contributed by atoms with E-state index in [4.69, 9.17) is 5.11 Å². The highest BCUT2D eigenvalue weighted by Gasteiger charge is 2.24. The van der Waals surface area contributed by atoms with Crippen LogP contribution < -0.4 is 0 Å². The van der Waals surface area contributed by atoms with Crippen LogP contribution in [0.3, 0.4) is 0 Å². The van der Waals surface area contributed by atoms with Gasteiger partial charge in [-0.2, -0.15) is 0 Å². The van der Waals surface area contributed by atoms with Crippen LogP contribution in [0.5, 0.6) is 0 Å². The third-order valence-electron chi connectivity index (χ3n) is 1.71. The second-order valence-electron chi connectivity index (χ2n) is 2.63. The van der Waals surface area contributed by atoms with Crippen molar-refractivity contribution in [3.8, 4) is 0 Å². The lowest BCUT2D eigenvalue weighted by molar-refractivity contribution is 0.0149. The third-order valence-corrected chi connectivity index (χ3v) is 1.71. The molecule has 0 aliphatic carbocycles. The zero-order valence-electron chi connectivity index (χ0n) is 5.55. The summed E-state index contributed by atoms with van der Waals surface area (Å²) >= 11 is 0. The van der Waals surface area contributed by atoms with E-state index in [1.165, 1.54) is 0 Å². The molecular formula is C6H12FNO. The van der Waals surface area contributed by atoms with Crippen LogP contribution in [0.15, 0.2) is 0 Å². The summed E-state index contributed by atoms with van der Waals surface area (Å²) in [5, 5.41) is 8.89. The van der Waals surface area contributed by atoms with Crippen molar-refractivity contribution in [3.63, 3.8) is 0 Å². The fourth-order valence-corrected chi connectivity index (χ4v) is 1.04. The minimum absolute atomic E-state index is 0.376. The first kappa shape index (κ1) is 6.96. The monoisotopic (exact) mass is 133 g/mol. The molecule has 0 aromatic rings. The Morgan fingerprint density at radius 2 is 2.33 bits per heavy atom. The van der Waals surface area contributed by atoms with Crippen LogP contribution in [0.4, 0.5) is 4.39 Å². The van der Waals surface area contributed by atoms with E-state index in [1.54, 1.807) is 0 Å². The molecule has 0 unspecified atom stereocenters. The number of nitrogens with zero attached hydrogens (tertiary/aromatic N) is 1. The zero-order chi connectivity index (χ0) is 6.85. The number of hydrogen-bond acceptors (Lipinski definition) is 2. The molecule has 1 heterocycles. The molecule has 0 amide bonds. The molecule has 1 aliphatic rings. The summed E-state index contributed by atoms with van der Waals surface area (Å²) in [5.41, 5.74) is 0. The molecule has 0 bridgehead atoms. The lowest BCUT2D eigenvalue weighted by atomic mass is 10.1. The average Bonchev–Trinajstić information content (AvgIpc) is 1.80. The second-order valence-corrected chi connectivity index (χ2v) is 2.63. The second kappa shape index (κ2) is 2.62. The first-order chi connectivity index (χ1) is 4.20. The number of likely N-dealkylation sites (tertiary alicyclic amines) is 1. The predicted octanol–water partition coefficient (Wildman–Crippen LogP) is 0.0209. The molecule has 0 aromatic carbocycles. The van der Waals surface area contributed by atoms with E-state index in [2.05, 4.69) is 0 Å². The van der Waals surface area contributed by atoms with Crippen LogP contribution in [0.1, 0.15) is 6.42 Å². The Morgan fingerprint density at radius 1 is 1.67 bits per heavy atom. The van der Waals surface area contributed by atoms with E-state index in [9.17, 15) is 4.39 Å². The highest BCUT2D eigenvalue weighted by atomic mass is 19.1. The van der Waals surface area contributed by atoms with Crippen LogP contribution in [-0.4, -0.2) is 42.4 Å². The third kappa shape index (κ3) is 1.63. The van der Waals surface area contributed by atoms with Gasteiger partial charge in [0, 0.05) is 13.1 Å². The molecule has 1 saturated heterocycles. The molecule has 54 valence electrons. The lowest BCUT2D eigenvalue weighted by Gasteiger charge is -2.28. The highest BCUT2D eigenvalue weighted by Crippen LogP contribution is 2.11. The summed E-state index contributed by atoms with van der Waals surface area (Å²) in [7, 11) is 1.86. The number of aliphatic hydroxyl groups is 1. The molecule has 0 radical (unpaired) electrons. The van der Waals surface area contributed by atoms with Crippen molar-refractivity contribution < 1.29 is 9.50 Å². The van der Waals surface area contributed by atoms with Crippen molar-refractivity contribution in [3.05, 3.63) is 0 Å². The number of alkyl halides is 1. The average molecular weight is 133 g/mol. The Balaban J connectivity index is 2.35. The fourth-order valence-electron chi connectivity index (χ4n) is 1.04. The van der Waals surface area contributed by atoms with Crippen LogP contribution in [0, 0.1) is 0 Å². The zero-order valence-corrected chi connectivity index (χ0v) is 5.55. The van der Waals surface area contributed by atoms with Gasteiger partial charge in [0.2, 0.25) is 0 Å². The number of aliphatic hydroxyl groups excluding tert-OH is 1. The van der Waals surface area contributed by atoms with Gasteiger partial charge >= 0.3 is 0 Å². The number of rotatable bonds is 0. The maximum atomic E-state index is 12.5. The van der Waals surface area contributed by atoms with Crippen LogP contribution in [-0.2, 0) is 0 Å². The van der Waals surface area contributed by atoms with Gasteiger partial charge in [0.25, 0.3) is 0 Å². The molecule has 0 spiro atoms. The van der Waals surface area contributed by atoms with Gasteiger partial charge < -0.3 is 10.0 Å². The normalized spacial score (nSPS) is 39.0. The van der Waals surface area contributed by atoms with Gasteiger partial charge in [0.05, 0.1) is 6.10 Å². The predicted molar refractivity (Wildman–Crippen MR) is 33.0 cm³/mol. The Kier molecular flexibility index (Phi) is 2.03. The molecule has 9 heavy (non-hydrogen) atoms. The lowest BCUT2D eigenvalue weighted by Crippen LogP contribution is -2.42. The van der Waals surface area contributed by atoms with Crippen molar-refractivity contribution >= 4 is 0 Å². The molecule has 1 rings (SSSR count). The molecule has 3 heteroatoms. The maximum Gasteiger partial charge on any atom is 0.138 e. The number of piperidine rings is 1. The van der Waals surface area contributed by atoms with E-state index in [0.717, 1.165) is 6.54 Å². The van der Waals surface area contributed by atoms with Crippen molar-refractivity contribution in [2.24, 2.45) is 0 Å². The van der Waals surface area contributed by atoms with E-state index in [0.29, 0.717) is 13.0 Å². The first-order valence-electron chi connectivity index (χ1n) is 3.21. The summed E-state index contributed by atoms with van der Waals surface area (Å²) in [6.45, 7) is 1.18. The maximum absolute atomic E-state index is 12.5. The highest BCUT2D eigenvalue weighted by molar-refractivity contribution is 4.77. The van der Waals surface area contributed by atoms with Crippen molar-refractivity contribution in [1.82, 2.24) is 4.90 Å². The summed E-state index contributed by atoms with van der Waals surface area (Å²) in [6.07, 6.45) is -1.19. The Morgan fingerprint density at radius 3 is 2.78 bits per heavy atom. The van der Waals surface area contributed by atoms with Crippen molar-refractivity contribution in [2.75, 3.05) is 20.1 Å². The van der Waals surface area contributed by atoms with Gasteiger partial charge in [-0.3, -0.25) is 0 Å². The molecule has 2 atom stereocenters. The topological polar surface area (TPSA) is 23.5 Å². The van der Waals surface area contributed by atoms with Crippen molar-refractivity contribution in [1.29, 1.82) is 0 Å². The van der Waals surface area contributed by atoms with Gasteiger partial charge in [-0.25, -0.2) is 4.39 Å². The summed E-state index contributed by atoms with van der Waals surface area (Å²) in [5.74, 6) is 0. The smallest absolute Gasteiger partial charge is 0.138 e. The Bertz CT molecular complexity index is 99.1. The molecule has 0 saturated carbocycles. The van der Waals surface area contributed by atoms with Gasteiger partial charge in [-0.05, 0) is 13.5 Å². The quantitative estimate of drug-likeness (QED) is 0.503. The van der Waals surface area contributed by atoms with Crippen LogP contribution in [0.2, 0.25) is 0 Å². The van der Waals surface area contributed by atoms with Crippen LogP contribution in [0.25, 0.3) is 0 Å². The summed E-state index contributed by atoms with van der Waals surface area (Å²) in [6, 6.07) is 0. The number of hydrogen-bond donors (Lipinski definition) is 1.